The Balaban J connectivity index is 2.52. The summed E-state index contributed by atoms with van der Waals surface area (Å²) in [7, 11) is 0. The molecule has 4 nitrogen and oxygen atoms in total. The number of amides is 1. The number of thiophene rings is 1. The summed E-state index contributed by atoms with van der Waals surface area (Å²) in [6, 6.07) is 0. The molecule has 1 aromatic heterocycles. The summed E-state index contributed by atoms with van der Waals surface area (Å²) in [5.41, 5.74) is 1.91. The highest BCUT2D eigenvalue weighted by molar-refractivity contribution is 7.08. The largest absolute Gasteiger partial charge is 0.444 e. The monoisotopic (exact) mass is 326 g/mol. The zero-order valence-electron chi connectivity index (χ0n) is 14.9. The van der Waals surface area contributed by atoms with Gasteiger partial charge in [0, 0.05) is 25.2 Å². The number of carbonyl (C=O) groups is 1. The van der Waals surface area contributed by atoms with Crippen molar-refractivity contribution >= 4 is 17.4 Å². The van der Waals surface area contributed by atoms with Gasteiger partial charge < -0.3 is 15.0 Å². The van der Waals surface area contributed by atoms with Crippen molar-refractivity contribution in [1.82, 2.24) is 10.2 Å². The van der Waals surface area contributed by atoms with Crippen molar-refractivity contribution in [3.63, 3.8) is 0 Å². The number of hydrogen-bond donors (Lipinski definition) is 1. The maximum Gasteiger partial charge on any atom is 0.410 e. The SMILES string of the molecule is Cc1cscc1CNCCN(C(=O)OC(C)(C)C)C(C)(C)C. The van der Waals surface area contributed by atoms with Crippen LogP contribution in [0.3, 0.4) is 0 Å². The van der Waals surface area contributed by atoms with Crippen LogP contribution in [0.15, 0.2) is 10.8 Å². The van der Waals surface area contributed by atoms with Gasteiger partial charge >= 0.3 is 6.09 Å². The van der Waals surface area contributed by atoms with Gasteiger partial charge in [0.25, 0.3) is 0 Å². The van der Waals surface area contributed by atoms with E-state index in [1.165, 1.54) is 11.1 Å². The Kier molecular flexibility index (Phi) is 6.44. The second kappa shape index (κ2) is 7.47. The highest BCUT2D eigenvalue weighted by Gasteiger charge is 2.30. The van der Waals surface area contributed by atoms with Crippen molar-refractivity contribution in [2.24, 2.45) is 0 Å². The third-order valence-corrected chi connectivity index (χ3v) is 4.12. The van der Waals surface area contributed by atoms with Crippen LogP contribution >= 0.6 is 11.3 Å². The van der Waals surface area contributed by atoms with E-state index >= 15 is 0 Å². The maximum atomic E-state index is 12.4. The van der Waals surface area contributed by atoms with Crippen molar-refractivity contribution in [2.75, 3.05) is 13.1 Å². The van der Waals surface area contributed by atoms with Crippen LogP contribution < -0.4 is 5.32 Å². The van der Waals surface area contributed by atoms with Crippen LogP contribution in [0.5, 0.6) is 0 Å². The van der Waals surface area contributed by atoms with Crippen molar-refractivity contribution in [3.8, 4) is 0 Å². The van der Waals surface area contributed by atoms with E-state index in [0.717, 1.165) is 13.1 Å². The van der Waals surface area contributed by atoms with E-state index in [9.17, 15) is 4.79 Å². The third-order valence-electron chi connectivity index (χ3n) is 3.21. The van der Waals surface area contributed by atoms with Crippen LogP contribution in [0.25, 0.3) is 0 Å². The molecule has 0 aliphatic rings. The molecular formula is C17H30N2O2S. The van der Waals surface area contributed by atoms with Gasteiger partial charge in [0.15, 0.2) is 0 Å². The lowest BCUT2D eigenvalue weighted by Crippen LogP contribution is -2.50. The Morgan fingerprint density at radius 3 is 2.32 bits per heavy atom. The van der Waals surface area contributed by atoms with Crippen molar-refractivity contribution in [3.05, 3.63) is 21.9 Å². The lowest BCUT2D eigenvalue weighted by Gasteiger charge is -2.36. The van der Waals surface area contributed by atoms with Crippen LogP contribution in [-0.2, 0) is 11.3 Å². The van der Waals surface area contributed by atoms with E-state index in [1.54, 1.807) is 16.2 Å². The first kappa shape index (κ1) is 19.0. The number of hydrogen-bond acceptors (Lipinski definition) is 4. The van der Waals surface area contributed by atoms with E-state index < -0.39 is 5.60 Å². The Morgan fingerprint density at radius 2 is 1.86 bits per heavy atom. The van der Waals surface area contributed by atoms with Crippen LogP contribution in [0.2, 0.25) is 0 Å². The van der Waals surface area contributed by atoms with Crippen molar-refractivity contribution in [2.45, 2.75) is 66.2 Å². The van der Waals surface area contributed by atoms with E-state index in [-0.39, 0.29) is 11.6 Å². The summed E-state index contributed by atoms with van der Waals surface area (Å²) in [4.78, 5) is 14.1. The molecule has 0 radical (unpaired) electrons. The van der Waals surface area contributed by atoms with Crippen molar-refractivity contribution < 1.29 is 9.53 Å². The van der Waals surface area contributed by atoms with E-state index in [4.69, 9.17) is 4.74 Å². The van der Waals surface area contributed by atoms with Gasteiger partial charge in [-0.1, -0.05) is 0 Å². The Bertz CT molecular complexity index is 484. The molecule has 1 heterocycles. The molecular weight excluding hydrogens is 296 g/mol. The van der Waals surface area contributed by atoms with Gasteiger partial charge in [-0.15, -0.1) is 0 Å². The normalized spacial score (nSPS) is 12.3. The molecule has 0 aliphatic carbocycles. The minimum absolute atomic E-state index is 0.256. The van der Waals surface area contributed by atoms with Crippen LogP contribution in [0.4, 0.5) is 4.79 Å². The molecule has 0 saturated carbocycles. The van der Waals surface area contributed by atoms with Gasteiger partial charge in [0.05, 0.1) is 0 Å². The van der Waals surface area contributed by atoms with E-state index in [0.29, 0.717) is 6.54 Å². The number of aryl methyl sites for hydroxylation is 1. The second-order valence-corrected chi connectivity index (χ2v) is 8.30. The molecule has 1 amide bonds. The molecule has 0 bridgehead atoms. The van der Waals surface area contributed by atoms with Crippen LogP contribution in [0.1, 0.15) is 52.7 Å². The zero-order chi connectivity index (χ0) is 17.0. The first-order chi connectivity index (χ1) is 10.0. The molecule has 0 aromatic carbocycles. The summed E-state index contributed by atoms with van der Waals surface area (Å²) in [5, 5.41) is 7.72. The number of carbonyl (C=O) groups excluding carboxylic acids is 1. The predicted molar refractivity (Wildman–Crippen MR) is 93.5 cm³/mol. The lowest BCUT2D eigenvalue weighted by molar-refractivity contribution is 0.00663. The number of rotatable bonds is 5. The van der Waals surface area contributed by atoms with Gasteiger partial charge in [0.1, 0.15) is 5.60 Å². The summed E-state index contributed by atoms with van der Waals surface area (Å²) in [5.74, 6) is 0. The first-order valence-corrected chi connectivity index (χ1v) is 8.68. The maximum absolute atomic E-state index is 12.4. The van der Waals surface area contributed by atoms with E-state index in [1.807, 2.05) is 41.5 Å². The molecule has 0 unspecified atom stereocenters. The summed E-state index contributed by atoms with van der Waals surface area (Å²) in [6.45, 7) is 16.1. The average Bonchev–Trinajstić information content (AvgIpc) is 2.70. The zero-order valence-corrected chi connectivity index (χ0v) is 15.8. The molecule has 0 aliphatic heterocycles. The molecule has 0 saturated heterocycles. The molecule has 1 aromatic rings. The minimum Gasteiger partial charge on any atom is -0.444 e. The Morgan fingerprint density at radius 1 is 1.23 bits per heavy atom. The molecule has 0 fully saturated rings. The topological polar surface area (TPSA) is 41.6 Å². The standard InChI is InChI=1S/C17H30N2O2S/c1-13-11-22-12-14(13)10-18-8-9-19(16(2,3)4)15(20)21-17(5,6)7/h11-12,18H,8-10H2,1-7H3. The Labute approximate surface area is 138 Å². The summed E-state index contributed by atoms with van der Waals surface area (Å²) < 4.78 is 5.51. The second-order valence-electron chi connectivity index (χ2n) is 7.56. The smallest absolute Gasteiger partial charge is 0.410 e. The van der Waals surface area contributed by atoms with Crippen LogP contribution in [0, 0.1) is 6.92 Å². The van der Waals surface area contributed by atoms with Gasteiger partial charge in [0.2, 0.25) is 0 Å². The van der Waals surface area contributed by atoms with Gasteiger partial charge in [-0.05, 0) is 70.4 Å². The fourth-order valence-corrected chi connectivity index (χ4v) is 2.86. The molecule has 1 N–H and O–H groups in total. The molecule has 22 heavy (non-hydrogen) atoms. The molecule has 5 heteroatoms. The molecule has 0 spiro atoms. The van der Waals surface area contributed by atoms with Crippen molar-refractivity contribution in [1.29, 1.82) is 0 Å². The number of nitrogens with one attached hydrogen (secondary N) is 1. The lowest BCUT2D eigenvalue weighted by atomic mass is 10.1. The van der Waals surface area contributed by atoms with Gasteiger partial charge in [-0.2, -0.15) is 11.3 Å². The quantitative estimate of drug-likeness (QED) is 0.825. The summed E-state index contributed by atoms with van der Waals surface area (Å²) >= 11 is 1.72. The first-order valence-electron chi connectivity index (χ1n) is 7.74. The van der Waals surface area contributed by atoms with Crippen LogP contribution in [-0.4, -0.2) is 35.2 Å². The van der Waals surface area contributed by atoms with E-state index in [2.05, 4.69) is 23.0 Å². The average molecular weight is 327 g/mol. The Hall–Kier alpha value is -1.07. The predicted octanol–water partition coefficient (Wildman–Crippen LogP) is 4.18. The fourth-order valence-electron chi connectivity index (χ4n) is 2.00. The highest BCUT2D eigenvalue weighted by atomic mass is 32.1. The summed E-state index contributed by atoms with van der Waals surface area (Å²) in [6.07, 6.45) is -0.256. The van der Waals surface area contributed by atoms with Gasteiger partial charge in [-0.3, -0.25) is 0 Å². The van der Waals surface area contributed by atoms with Gasteiger partial charge in [-0.25, -0.2) is 4.79 Å². The number of ether oxygens (including phenoxy) is 1. The molecule has 1 rings (SSSR count). The number of nitrogens with zero attached hydrogens (tertiary/aromatic N) is 1. The third kappa shape index (κ3) is 6.36. The fraction of sp³-hybridized carbons (Fsp3) is 0.706. The molecule has 0 atom stereocenters. The molecule has 126 valence electrons. The minimum atomic E-state index is -0.470. The highest BCUT2D eigenvalue weighted by Crippen LogP contribution is 2.18.